The average molecular weight is 313 g/mol. The molecule has 0 aliphatic carbocycles. The third-order valence-electron chi connectivity index (χ3n) is 3.75. The zero-order valence-electron chi connectivity index (χ0n) is 11.9. The van der Waals surface area contributed by atoms with E-state index in [1.165, 1.54) is 5.56 Å². The van der Waals surface area contributed by atoms with Gasteiger partial charge in [-0.3, -0.25) is 0 Å². The van der Waals surface area contributed by atoms with E-state index in [0.29, 0.717) is 12.0 Å². The number of benzene rings is 1. The SMILES string of the molecule is CC(C)C(C)N(C)CCC(N)c1ccc(Br)cc1. The number of rotatable bonds is 6. The predicted molar refractivity (Wildman–Crippen MR) is 82.6 cm³/mol. The van der Waals surface area contributed by atoms with Crippen molar-refractivity contribution in [3.63, 3.8) is 0 Å². The van der Waals surface area contributed by atoms with Crippen LogP contribution in [-0.2, 0) is 0 Å². The molecule has 0 fully saturated rings. The van der Waals surface area contributed by atoms with Gasteiger partial charge in [-0.05, 0) is 50.6 Å². The standard InChI is InChI=1S/C15H25BrN2/c1-11(2)12(3)18(4)10-9-15(17)13-5-7-14(16)8-6-13/h5-8,11-12,15H,9-10,17H2,1-4H3. The molecule has 3 heteroatoms. The lowest BCUT2D eigenvalue weighted by molar-refractivity contribution is 0.202. The first kappa shape index (κ1) is 15.7. The van der Waals surface area contributed by atoms with Crippen molar-refractivity contribution in [3.8, 4) is 0 Å². The van der Waals surface area contributed by atoms with Crippen LogP contribution in [0.25, 0.3) is 0 Å². The molecule has 1 aromatic rings. The summed E-state index contributed by atoms with van der Waals surface area (Å²) in [5.41, 5.74) is 7.44. The Labute approximate surface area is 120 Å². The molecule has 2 atom stereocenters. The first-order valence-corrected chi connectivity index (χ1v) is 7.42. The molecule has 18 heavy (non-hydrogen) atoms. The minimum Gasteiger partial charge on any atom is -0.324 e. The fourth-order valence-electron chi connectivity index (χ4n) is 1.93. The maximum atomic E-state index is 6.23. The molecule has 0 aliphatic heterocycles. The molecule has 0 bridgehead atoms. The zero-order chi connectivity index (χ0) is 13.7. The Bertz CT molecular complexity index is 348. The molecule has 0 aromatic heterocycles. The molecule has 0 heterocycles. The van der Waals surface area contributed by atoms with Crippen molar-refractivity contribution < 1.29 is 0 Å². The molecule has 1 aromatic carbocycles. The van der Waals surface area contributed by atoms with E-state index >= 15 is 0 Å². The monoisotopic (exact) mass is 312 g/mol. The van der Waals surface area contributed by atoms with Crippen molar-refractivity contribution in [2.75, 3.05) is 13.6 Å². The van der Waals surface area contributed by atoms with Crippen LogP contribution in [0.15, 0.2) is 28.7 Å². The van der Waals surface area contributed by atoms with Gasteiger partial charge in [0.05, 0.1) is 0 Å². The first-order chi connectivity index (χ1) is 8.41. The highest BCUT2D eigenvalue weighted by molar-refractivity contribution is 9.10. The van der Waals surface area contributed by atoms with Gasteiger partial charge in [-0.2, -0.15) is 0 Å². The van der Waals surface area contributed by atoms with Crippen LogP contribution in [0.1, 0.15) is 38.8 Å². The van der Waals surface area contributed by atoms with Gasteiger partial charge in [0.25, 0.3) is 0 Å². The van der Waals surface area contributed by atoms with Crippen LogP contribution in [0, 0.1) is 5.92 Å². The highest BCUT2D eigenvalue weighted by atomic mass is 79.9. The highest BCUT2D eigenvalue weighted by Crippen LogP contribution is 2.18. The lowest BCUT2D eigenvalue weighted by Gasteiger charge is -2.28. The first-order valence-electron chi connectivity index (χ1n) is 6.63. The summed E-state index contributed by atoms with van der Waals surface area (Å²) in [6.45, 7) is 7.83. The number of halogens is 1. The van der Waals surface area contributed by atoms with Gasteiger partial charge in [0, 0.05) is 16.6 Å². The molecular formula is C15H25BrN2. The Morgan fingerprint density at radius 2 is 1.72 bits per heavy atom. The summed E-state index contributed by atoms with van der Waals surface area (Å²) < 4.78 is 1.10. The average Bonchev–Trinajstić information content (AvgIpc) is 2.35. The summed E-state index contributed by atoms with van der Waals surface area (Å²) in [7, 11) is 2.18. The number of nitrogens with two attached hydrogens (primary N) is 1. The summed E-state index contributed by atoms with van der Waals surface area (Å²) in [6.07, 6.45) is 0.995. The lowest BCUT2D eigenvalue weighted by atomic mass is 10.0. The normalized spacial score (nSPS) is 15.1. The van der Waals surface area contributed by atoms with Crippen molar-refractivity contribution in [1.82, 2.24) is 4.90 Å². The van der Waals surface area contributed by atoms with Crippen LogP contribution in [-0.4, -0.2) is 24.5 Å². The van der Waals surface area contributed by atoms with Crippen LogP contribution in [0.3, 0.4) is 0 Å². The Hall–Kier alpha value is -0.380. The Balaban J connectivity index is 2.46. The Kier molecular flexibility index (Phi) is 6.33. The van der Waals surface area contributed by atoms with Crippen molar-refractivity contribution in [2.45, 2.75) is 39.3 Å². The molecule has 2 nitrogen and oxygen atoms in total. The fourth-order valence-corrected chi connectivity index (χ4v) is 2.20. The summed E-state index contributed by atoms with van der Waals surface area (Å²) in [6, 6.07) is 9.02. The van der Waals surface area contributed by atoms with Crippen molar-refractivity contribution >= 4 is 15.9 Å². The zero-order valence-corrected chi connectivity index (χ0v) is 13.4. The van der Waals surface area contributed by atoms with Crippen LogP contribution in [0.2, 0.25) is 0 Å². The highest BCUT2D eigenvalue weighted by Gasteiger charge is 2.14. The van der Waals surface area contributed by atoms with Gasteiger partial charge in [-0.15, -0.1) is 0 Å². The van der Waals surface area contributed by atoms with Gasteiger partial charge in [0.15, 0.2) is 0 Å². The maximum absolute atomic E-state index is 6.23. The second kappa shape index (κ2) is 7.27. The third kappa shape index (κ3) is 4.71. The molecular weight excluding hydrogens is 288 g/mol. The second-order valence-corrected chi connectivity index (χ2v) is 6.33. The van der Waals surface area contributed by atoms with Crippen molar-refractivity contribution in [3.05, 3.63) is 34.3 Å². The Morgan fingerprint density at radius 3 is 2.22 bits per heavy atom. The van der Waals surface area contributed by atoms with Crippen LogP contribution in [0.4, 0.5) is 0 Å². The molecule has 0 saturated carbocycles. The predicted octanol–water partition coefficient (Wildman–Crippen LogP) is 3.82. The molecule has 2 N–H and O–H groups in total. The fraction of sp³-hybridized carbons (Fsp3) is 0.600. The smallest absolute Gasteiger partial charge is 0.0307 e. The van der Waals surface area contributed by atoms with E-state index in [9.17, 15) is 0 Å². The summed E-state index contributed by atoms with van der Waals surface area (Å²) >= 11 is 3.44. The van der Waals surface area contributed by atoms with Crippen LogP contribution >= 0.6 is 15.9 Å². The minimum absolute atomic E-state index is 0.125. The van der Waals surface area contributed by atoms with E-state index in [1.807, 2.05) is 0 Å². The van der Waals surface area contributed by atoms with E-state index in [1.54, 1.807) is 0 Å². The van der Waals surface area contributed by atoms with E-state index in [4.69, 9.17) is 5.73 Å². The van der Waals surface area contributed by atoms with Gasteiger partial charge < -0.3 is 10.6 Å². The third-order valence-corrected chi connectivity index (χ3v) is 4.28. The van der Waals surface area contributed by atoms with Gasteiger partial charge in [-0.25, -0.2) is 0 Å². The van der Waals surface area contributed by atoms with E-state index in [2.05, 4.69) is 72.9 Å². The quantitative estimate of drug-likeness (QED) is 0.865. The molecule has 0 saturated heterocycles. The molecule has 0 aliphatic rings. The second-order valence-electron chi connectivity index (χ2n) is 5.41. The summed E-state index contributed by atoms with van der Waals surface area (Å²) in [5.74, 6) is 0.680. The Morgan fingerprint density at radius 1 is 1.17 bits per heavy atom. The van der Waals surface area contributed by atoms with Gasteiger partial charge in [0.1, 0.15) is 0 Å². The van der Waals surface area contributed by atoms with Gasteiger partial charge in [-0.1, -0.05) is 41.9 Å². The number of hydrogen-bond acceptors (Lipinski definition) is 2. The molecule has 102 valence electrons. The molecule has 1 rings (SSSR count). The molecule has 2 unspecified atom stereocenters. The minimum atomic E-state index is 0.125. The van der Waals surface area contributed by atoms with Crippen molar-refractivity contribution in [1.29, 1.82) is 0 Å². The van der Waals surface area contributed by atoms with E-state index in [0.717, 1.165) is 17.4 Å². The molecule has 0 radical (unpaired) electrons. The van der Waals surface area contributed by atoms with E-state index in [-0.39, 0.29) is 6.04 Å². The lowest BCUT2D eigenvalue weighted by Crippen LogP contribution is -2.35. The largest absolute Gasteiger partial charge is 0.324 e. The van der Waals surface area contributed by atoms with Crippen LogP contribution < -0.4 is 5.73 Å². The summed E-state index contributed by atoms with van der Waals surface area (Å²) in [4.78, 5) is 2.39. The van der Waals surface area contributed by atoms with Gasteiger partial charge in [0.2, 0.25) is 0 Å². The number of hydrogen-bond donors (Lipinski definition) is 1. The topological polar surface area (TPSA) is 29.3 Å². The van der Waals surface area contributed by atoms with E-state index < -0.39 is 0 Å². The molecule has 0 amide bonds. The maximum Gasteiger partial charge on any atom is 0.0307 e. The van der Waals surface area contributed by atoms with Crippen LogP contribution in [0.5, 0.6) is 0 Å². The van der Waals surface area contributed by atoms with Gasteiger partial charge >= 0.3 is 0 Å². The molecule has 0 spiro atoms. The van der Waals surface area contributed by atoms with Crippen molar-refractivity contribution in [2.24, 2.45) is 11.7 Å². The number of nitrogens with zero attached hydrogens (tertiary/aromatic N) is 1. The summed E-state index contributed by atoms with van der Waals surface area (Å²) in [5, 5.41) is 0.